The molecule has 19 heteroatoms. The van der Waals surface area contributed by atoms with Gasteiger partial charge in [0.25, 0.3) is 0 Å². The van der Waals surface area contributed by atoms with Gasteiger partial charge in [-0.15, -0.1) is 0 Å². The largest absolute Gasteiger partial charge is 0.481 e. The van der Waals surface area contributed by atoms with Crippen LogP contribution >= 0.6 is 0 Å². The van der Waals surface area contributed by atoms with Gasteiger partial charge in [0.15, 0.2) is 0 Å². The average Bonchev–Trinajstić information content (AvgIpc) is 3.22. The molecule has 1 aromatic carbocycles. The Kier molecular flexibility index (Phi) is 25.9. The number of carboxylic acid groups (broad SMARTS) is 2. The Morgan fingerprint density at radius 1 is 0.581 bits per heavy atom. The maximum Gasteiger partial charge on any atom is 0.326 e. The van der Waals surface area contributed by atoms with Crippen LogP contribution in [0.3, 0.4) is 0 Å². The summed E-state index contributed by atoms with van der Waals surface area (Å²) in [6.45, 7) is 11.3. The number of benzene rings is 1. The third kappa shape index (κ3) is 20.6. The van der Waals surface area contributed by atoms with E-state index in [0.29, 0.717) is 45.2 Å². The van der Waals surface area contributed by atoms with Crippen molar-refractivity contribution in [1.82, 2.24) is 31.9 Å². The monoisotopic (exact) mass is 876 g/mol. The highest BCUT2D eigenvalue weighted by Gasteiger charge is 2.35. The zero-order valence-corrected chi connectivity index (χ0v) is 37.2. The molecule has 8 atom stereocenters. The lowest BCUT2D eigenvalue weighted by atomic mass is 9.96. The quantitative estimate of drug-likeness (QED) is 0.0452. The van der Waals surface area contributed by atoms with Crippen LogP contribution in [0.4, 0.5) is 0 Å². The van der Waals surface area contributed by atoms with Gasteiger partial charge in [-0.3, -0.25) is 33.6 Å². The molecule has 0 aliphatic heterocycles. The van der Waals surface area contributed by atoms with Crippen molar-refractivity contribution < 1.29 is 48.6 Å². The highest BCUT2D eigenvalue weighted by atomic mass is 16.4. The van der Waals surface area contributed by atoms with E-state index in [9.17, 15) is 48.6 Å². The maximum atomic E-state index is 14.1. The van der Waals surface area contributed by atoms with Crippen molar-refractivity contribution in [2.24, 2.45) is 35.0 Å². The van der Waals surface area contributed by atoms with E-state index in [1.54, 1.807) is 52.0 Å². The lowest BCUT2D eigenvalue weighted by Gasteiger charge is -2.30. The summed E-state index contributed by atoms with van der Waals surface area (Å²) < 4.78 is 0. The summed E-state index contributed by atoms with van der Waals surface area (Å²) in [6, 6.07) is 0.623. The SMILES string of the molecule is CC[C@H](C)[C@H](NC(=O)[C@H](CCCCN)NC(=O)[C@H](CC(C)C)NC(=O)[C@H](Cc1ccccc1)NC(=O)[C@@H](N)C(C)C)C(=O)N[C@@H](CCC(=O)O)C(=O)N[C@@H](CCCCN)C(=O)O. The number of rotatable bonds is 31. The summed E-state index contributed by atoms with van der Waals surface area (Å²) >= 11 is 0. The van der Waals surface area contributed by atoms with E-state index in [-0.39, 0.29) is 43.9 Å². The van der Waals surface area contributed by atoms with Gasteiger partial charge in [0.1, 0.15) is 36.3 Å². The first-order chi connectivity index (χ1) is 29.2. The first-order valence-corrected chi connectivity index (χ1v) is 21.7. The zero-order valence-electron chi connectivity index (χ0n) is 37.2. The van der Waals surface area contributed by atoms with Crippen molar-refractivity contribution in [3.8, 4) is 0 Å². The summed E-state index contributed by atoms with van der Waals surface area (Å²) in [4.78, 5) is 106. The van der Waals surface area contributed by atoms with Crippen molar-refractivity contribution in [3.05, 3.63) is 35.9 Å². The van der Waals surface area contributed by atoms with Crippen molar-refractivity contribution in [2.75, 3.05) is 13.1 Å². The van der Waals surface area contributed by atoms with Crippen LogP contribution in [0, 0.1) is 17.8 Å². The fourth-order valence-corrected chi connectivity index (χ4v) is 6.42. The van der Waals surface area contributed by atoms with Crippen LogP contribution in [-0.2, 0) is 44.8 Å². The molecule has 0 aliphatic carbocycles. The molecular formula is C43H73N9O10. The van der Waals surface area contributed by atoms with Crippen LogP contribution in [0.1, 0.15) is 111 Å². The number of nitrogens with two attached hydrogens (primary N) is 3. The molecule has 0 aliphatic rings. The molecule has 0 aromatic heterocycles. The molecule has 0 heterocycles. The lowest BCUT2D eigenvalue weighted by Crippen LogP contribution is -2.61. The number of nitrogens with one attached hydrogen (secondary N) is 6. The Labute approximate surface area is 365 Å². The van der Waals surface area contributed by atoms with E-state index in [1.807, 2.05) is 19.9 Å². The Hall–Kier alpha value is -5.14. The third-order valence-corrected chi connectivity index (χ3v) is 10.5. The topological polar surface area (TPSA) is 327 Å². The van der Waals surface area contributed by atoms with Gasteiger partial charge in [0, 0.05) is 12.8 Å². The number of hydrogen-bond acceptors (Lipinski definition) is 11. The fourth-order valence-electron chi connectivity index (χ4n) is 6.42. The molecule has 350 valence electrons. The molecule has 0 unspecified atom stereocenters. The molecule has 62 heavy (non-hydrogen) atoms. The van der Waals surface area contributed by atoms with Gasteiger partial charge in [-0.1, -0.05) is 78.3 Å². The van der Waals surface area contributed by atoms with Crippen molar-refractivity contribution in [2.45, 2.75) is 154 Å². The molecule has 0 bridgehead atoms. The molecule has 0 radical (unpaired) electrons. The molecule has 1 aromatic rings. The number of unbranched alkanes of at least 4 members (excludes halogenated alkanes) is 2. The third-order valence-electron chi connectivity index (χ3n) is 10.5. The normalized spacial score (nSPS) is 15.1. The number of carboxylic acids is 2. The minimum absolute atomic E-state index is 0.0558. The summed E-state index contributed by atoms with van der Waals surface area (Å²) in [7, 11) is 0. The summed E-state index contributed by atoms with van der Waals surface area (Å²) in [5.74, 6) is -7.73. The molecule has 14 N–H and O–H groups in total. The first-order valence-electron chi connectivity index (χ1n) is 21.7. The van der Waals surface area contributed by atoms with Gasteiger partial charge < -0.3 is 59.3 Å². The standard InChI is InChI=1S/C43H73N9O10/c1-7-27(6)36(42(60)48-30(19-20-34(53)54)37(55)49-31(43(61)62)18-12-14-22-45)52-38(56)29(17-11-13-21-44)47-39(57)32(23-25(2)3)50-40(58)33(24-28-15-9-8-10-16-28)51-41(59)35(46)26(4)5/h8-10,15-16,25-27,29-33,35-36H,7,11-14,17-24,44-46H2,1-6H3,(H,47,57)(H,48,60)(H,49,55)(H,50,58)(H,51,59)(H,52,56)(H,53,54)(H,61,62)/t27-,29-,30-,31-,32-,33-,35-,36-/m0/s1. The van der Waals surface area contributed by atoms with Crippen molar-refractivity contribution in [1.29, 1.82) is 0 Å². The molecule has 6 amide bonds. The Morgan fingerprint density at radius 3 is 1.56 bits per heavy atom. The molecular weight excluding hydrogens is 803 g/mol. The lowest BCUT2D eigenvalue weighted by molar-refractivity contribution is -0.143. The second kappa shape index (κ2) is 29.2. The average molecular weight is 876 g/mol. The van der Waals surface area contributed by atoms with Crippen LogP contribution < -0.4 is 49.1 Å². The van der Waals surface area contributed by atoms with E-state index < -0.39 is 102 Å². The maximum absolute atomic E-state index is 14.1. The summed E-state index contributed by atoms with van der Waals surface area (Å²) in [5.41, 5.74) is 18.1. The van der Waals surface area contributed by atoms with Gasteiger partial charge in [0.2, 0.25) is 35.4 Å². The molecule has 0 saturated carbocycles. The molecule has 19 nitrogen and oxygen atoms in total. The zero-order chi connectivity index (χ0) is 46.9. The van der Waals surface area contributed by atoms with Crippen LogP contribution in [0.2, 0.25) is 0 Å². The highest BCUT2D eigenvalue weighted by Crippen LogP contribution is 2.14. The summed E-state index contributed by atoms with van der Waals surface area (Å²) in [5, 5.41) is 35.0. The number of carbonyl (C=O) groups is 8. The van der Waals surface area contributed by atoms with Crippen molar-refractivity contribution >= 4 is 47.4 Å². The van der Waals surface area contributed by atoms with E-state index >= 15 is 0 Å². The predicted octanol–water partition coefficient (Wildman–Crippen LogP) is 0.421. The van der Waals surface area contributed by atoms with E-state index in [0.717, 1.165) is 5.56 Å². The van der Waals surface area contributed by atoms with E-state index in [2.05, 4.69) is 31.9 Å². The van der Waals surface area contributed by atoms with Gasteiger partial charge in [-0.2, -0.15) is 0 Å². The number of amides is 6. The molecule has 0 saturated heterocycles. The Balaban J connectivity index is 3.42. The second-order valence-corrected chi connectivity index (χ2v) is 16.6. The van der Waals surface area contributed by atoms with Gasteiger partial charge in [-0.05, 0) is 87.8 Å². The number of hydrogen-bond donors (Lipinski definition) is 11. The molecule has 1 rings (SSSR count). The van der Waals surface area contributed by atoms with E-state index in [1.165, 1.54) is 0 Å². The van der Waals surface area contributed by atoms with Crippen LogP contribution in [0.15, 0.2) is 30.3 Å². The fraction of sp³-hybridized carbons (Fsp3) is 0.674. The molecule has 0 fully saturated rings. The minimum Gasteiger partial charge on any atom is -0.481 e. The smallest absolute Gasteiger partial charge is 0.326 e. The van der Waals surface area contributed by atoms with Crippen LogP contribution in [-0.4, -0.2) is 113 Å². The number of carbonyl (C=O) groups excluding carboxylic acids is 6. The van der Waals surface area contributed by atoms with Crippen LogP contribution in [0.5, 0.6) is 0 Å². The summed E-state index contributed by atoms with van der Waals surface area (Å²) in [6.07, 6.45) is 1.74. The van der Waals surface area contributed by atoms with Crippen molar-refractivity contribution in [3.63, 3.8) is 0 Å². The molecule has 0 spiro atoms. The first kappa shape index (κ1) is 54.9. The second-order valence-electron chi connectivity index (χ2n) is 16.6. The predicted molar refractivity (Wildman–Crippen MR) is 234 cm³/mol. The van der Waals surface area contributed by atoms with E-state index in [4.69, 9.17) is 17.2 Å². The van der Waals surface area contributed by atoms with Gasteiger partial charge in [0.05, 0.1) is 6.04 Å². The van der Waals surface area contributed by atoms with Gasteiger partial charge in [-0.25, -0.2) is 4.79 Å². The Morgan fingerprint density at radius 2 is 1.05 bits per heavy atom. The minimum atomic E-state index is -1.46. The van der Waals surface area contributed by atoms with Crippen LogP contribution in [0.25, 0.3) is 0 Å². The van der Waals surface area contributed by atoms with Gasteiger partial charge >= 0.3 is 11.9 Å². The Bertz CT molecular complexity index is 1600. The number of aliphatic carboxylic acids is 2. The highest BCUT2D eigenvalue weighted by molar-refractivity contribution is 5.97.